The zero-order valence-corrected chi connectivity index (χ0v) is 16.4. The second-order valence-electron chi connectivity index (χ2n) is 7.58. The molecule has 0 bridgehead atoms. The van der Waals surface area contributed by atoms with Crippen LogP contribution in [-0.4, -0.2) is 69.2 Å². The van der Waals surface area contributed by atoms with Crippen molar-refractivity contribution < 1.29 is 13.2 Å². The predicted molar refractivity (Wildman–Crippen MR) is 103 cm³/mol. The maximum Gasteiger partial charge on any atom is 0.285 e. The first-order valence-electron chi connectivity index (χ1n) is 9.64. The third kappa shape index (κ3) is 3.48. The standard InChI is InChI=1S/C19H26N4O3S/c1-22(15-6-10-20-11-7-15)19(24)14-8-12-23(13-9-14)18-16-4-2-3-5-17(16)27(25,26)21-18/h2-5,14-15,20H,6-13H2,1H3. The molecule has 2 saturated heterocycles. The molecular weight excluding hydrogens is 364 g/mol. The molecule has 8 heteroatoms. The Morgan fingerprint density at radius 1 is 1.15 bits per heavy atom. The van der Waals surface area contributed by atoms with Crippen LogP contribution in [0.15, 0.2) is 33.6 Å². The van der Waals surface area contributed by atoms with E-state index in [1.807, 2.05) is 22.9 Å². The summed E-state index contributed by atoms with van der Waals surface area (Å²) in [5, 5.41) is 3.33. The van der Waals surface area contributed by atoms with Crippen molar-refractivity contribution in [3.8, 4) is 0 Å². The molecule has 3 heterocycles. The third-order valence-corrected chi connectivity index (χ3v) is 7.29. The fourth-order valence-electron chi connectivity index (χ4n) is 4.32. The Morgan fingerprint density at radius 3 is 2.52 bits per heavy atom. The minimum Gasteiger partial charge on any atom is -0.355 e. The molecule has 0 unspecified atom stereocenters. The topological polar surface area (TPSA) is 82.1 Å². The van der Waals surface area contributed by atoms with E-state index >= 15 is 0 Å². The van der Waals surface area contributed by atoms with Gasteiger partial charge in [-0.2, -0.15) is 8.42 Å². The van der Waals surface area contributed by atoms with Gasteiger partial charge in [0, 0.05) is 37.7 Å². The minimum atomic E-state index is -3.60. The summed E-state index contributed by atoms with van der Waals surface area (Å²) in [5.41, 5.74) is 0.675. The van der Waals surface area contributed by atoms with Crippen LogP contribution < -0.4 is 5.32 Å². The van der Waals surface area contributed by atoms with Gasteiger partial charge in [0.05, 0.1) is 0 Å². The molecule has 4 rings (SSSR count). The Labute approximate surface area is 160 Å². The number of nitrogens with one attached hydrogen (secondary N) is 1. The summed E-state index contributed by atoms with van der Waals surface area (Å²) >= 11 is 0. The quantitative estimate of drug-likeness (QED) is 0.817. The molecule has 0 saturated carbocycles. The molecule has 7 nitrogen and oxygen atoms in total. The van der Waals surface area contributed by atoms with Crippen LogP contribution in [0.5, 0.6) is 0 Å². The highest BCUT2D eigenvalue weighted by Crippen LogP contribution is 2.30. The Bertz CT molecular complexity index is 853. The van der Waals surface area contributed by atoms with Crippen molar-refractivity contribution >= 4 is 21.8 Å². The van der Waals surface area contributed by atoms with E-state index in [9.17, 15) is 13.2 Å². The van der Waals surface area contributed by atoms with E-state index in [4.69, 9.17) is 0 Å². The van der Waals surface area contributed by atoms with Crippen LogP contribution in [0.2, 0.25) is 0 Å². The molecule has 27 heavy (non-hydrogen) atoms. The Morgan fingerprint density at radius 2 is 1.81 bits per heavy atom. The van der Waals surface area contributed by atoms with Gasteiger partial charge in [-0.1, -0.05) is 12.1 Å². The number of hydrogen-bond donors (Lipinski definition) is 1. The molecule has 0 spiro atoms. The van der Waals surface area contributed by atoms with Gasteiger partial charge in [-0.3, -0.25) is 4.79 Å². The average Bonchev–Trinajstić information content (AvgIpc) is 2.99. The molecule has 1 N–H and O–H groups in total. The first kappa shape index (κ1) is 18.4. The van der Waals surface area contributed by atoms with Gasteiger partial charge in [-0.05, 0) is 50.9 Å². The normalized spacial score (nSPS) is 23.0. The maximum atomic E-state index is 12.9. The largest absolute Gasteiger partial charge is 0.355 e. The fraction of sp³-hybridized carbons (Fsp3) is 0.579. The minimum absolute atomic E-state index is 0.00925. The average molecular weight is 391 g/mol. The molecule has 1 amide bonds. The second-order valence-corrected chi connectivity index (χ2v) is 9.15. The number of fused-ring (bicyclic) bond motifs is 1. The number of sulfonamides is 1. The van der Waals surface area contributed by atoms with Crippen LogP contribution in [0.1, 0.15) is 31.2 Å². The van der Waals surface area contributed by atoms with Crippen LogP contribution >= 0.6 is 0 Å². The van der Waals surface area contributed by atoms with Crippen molar-refractivity contribution in [2.45, 2.75) is 36.6 Å². The number of benzene rings is 1. The lowest BCUT2D eigenvalue weighted by Crippen LogP contribution is -2.48. The second kappa shape index (κ2) is 7.24. The number of likely N-dealkylation sites (tertiary alicyclic amines) is 1. The summed E-state index contributed by atoms with van der Waals surface area (Å²) in [4.78, 5) is 17.1. The number of hydrogen-bond acceptors (Lipinski definition) is 5. The summed E-state index contributed by atoms with van der Waals surface area (Å²) in [6, 6.07) is 7.29. The first-order chi connectivity index (χ1) is 13.0. The lowest BCUT2D eigenvalue weighted by Gasteiger charge is -2.37. The number of piperidine rings is 2. The number of carbonyl (C=O) groups is 1. The summed E-state index contributed by atoms with van der Waals surface area (Å²) in [5.74, 6) is 0.765. The van der Waals surface area contributed by atoms with Crippen LogP contribution in [0.3, 0.4) is 0 Å². The number of nitrogens with zero attached hydrogens (tertiary/aromatic N) is 3. The van der Waals surface area contributed by atoms with Gasteiger partial charge in [-0.25, -0.2) is 0 Å². The van der Waals surface area contributed by atoms with Crippen molar-refractivity contribution in [3.63, 3.8) is 0 Å². The third-order valence-electron chi connectivity index (χ3n) is 5.96. The molecule has 2 fully saturated rings. The van der Waals surface area contributed by atoms with Gasteiger partial charge in [0.2, 0.25) is 5.91 Å². The Balaban J connectivity index is 1.42. The molecule has 0 radical (unpaired) electrons. The predicted octanol–water partition coefficient (Wildman–Crippen LogP) is 1.06. The number of carbonyl (C=O) groups excluding carboxylic acids is 1. The molecule has 0 aromatic heterocycles. The molecule has 0 aliphatic carbocycles. The Kier molecular flexibility index (Phi) is 4.94. The van der Waals surface area contributed by atoms with Crippen molar-refractivity contribution in [2.75, 3.05) is 33.2 Å². The highest BCUT2D eigenvalue weighted by Gasteiger charge is 2.35. The van der Waals surface area contributed by atoms with Gasteiger partial charge in [0.1, 0.15) is 4.90 Å². The van der Waals surface area contributed by atoms with E-state index in [0.717, 1.165) is 38.8 Å². The summed E-state index contributed by atoms with van der Waals surface area (Å²) in [7, 11) is -1.67. The van der Waals surface area contributed by atoms with Gasteiger partial charge in [0.15, 0.2) is 5.84 Å². The molecule has 3 aliphatic rings. The fourth-order valence-corrected chi connectivity index (χ4v) is 5.54. The molecule has 0 atom stereocenters. The van der Waals surface area contributed by atoms with E-state index in [0.29, 0.717) is 30.5 Å². The van der Waals surface area contributed by atoms with E-state index in [-0.39, 0.29) is 16.7 Å². The summed E-state index contributed by atoms with van der Waals surface area (Å²) in [6.45, 7) is 3.24. The van der Waals surface area contributed by atoms with E-state index in [2.05, 4.69) is 9.71 Å². The van der Waals surface area contributed by atoms with Crippen molar-refractivity contribution in [1.82, 2.24) is 15.1 Å². The summed E-state index contributed by atoms with van der Waals surface area (Å²) < 4.78 is 28.5. The first-order valence-corrected chi connectivity index (χ1v) is 11.1. The Hall–Kier alpha value is -1.93. The zero-order chi connectivity index (χ0) is 19.0. The van der Waals surface area contributed by atoms with Crippen molar-refractivity contribution in [3.05, 3.63) is 29.8 Å². The smallest absolute Gasteiger partial charge is 0.285 e. The number of amides is 1. The number of amidine groups is 1. The molecular formula is C19H26N4O3S. The van der Waals surface area contributed by atoms with Crippen LogP contribution in [0, 0.1) is 5.92 Å². The molecule has 3 aliphatic heterocycles. The highest BCUT2D eigenvalue weighted by atomic mass is 32.2. The molecule has 1 aromatic carbocycles. The monoisotopic (exact) mass is 390 g/mol. The molecule has 146 valence electrons. The molecule has 1 aromatic rings. The van der Waals surface area contributed by atoms with Crippen molar-refractivity contribution in [2.24, 2.45) is 10.3 Å². The lowest BCUT2D eigenvalue weighted by molar-refractivity contribution is -0.138. The number of rotatable bonds is 2. The van der Waals surface area contributed by atoms with Crippen molar-refractivity contribution in [1.29, 1.82) is 0 Å². The van der Waals surface area contributed by atoms with E-state index in [1.54, 1.807) is 18.2 Å². The SMILES string of the molecule is CN(C(=O)C1CCN(C2=NS(=O)(=O)c3ccccc32)CC1)C1CCNCC1. The van der Waals surface area contributed by atoms with E-state index < -0.39 is 10.0 Å². The highest BCUT2D eigenvalue weighted by molar-refractivity contribution is 7.90. The maximum absolute atomic E-state index is 12.9. The lowest BCUT2D eigenvalue weighted by atomic mass is 9.93. The van der Waals surface area contributed by atoms with Gasteiger partial charge in [-0.15, -0.1) is 4.40 Å². The van der Waals surface area contributed by atoms with Crippen LogP contribution in [0.25, 0.3) is 0 Å². The van der Waals surface area contributed by atoms with Crippen LogP contribution in [0.4, 0.5) is 0 Å². The van der Waals surface area contributed by atoms with E-state index in [1.165, 1.54) is 0 Å². The van der Waals surface area contributed by atoms with Gasteiger partial charge < -0.3 is 15.1 Å². The van der Waals surface area contributed by atoms with Gasteiger partial charge >= 0.3 is 0 Å². The van der Waals surface area contributed by atoms with Crippen LogP contribution in [-0.2, 0) is 14.8 Å². The summed E-state index contributed by atoms with van der Waals surface area (Å²) in [6.07, 6.45) is 3.48. The van der Waals surface area contributed by atoms with Gasteiger partial charge in [0.25, 0.3) is 10.0 Å². The zero-order valence-electron chi connectivity index (χ0n) is 15.6.